The number of hydrogen-bond donors (Lipinski definition) is 1. The van der Waals surface area contributed by atoms with Crippen LogP contribution in [0.25, 0.3) is 0 Å². The Morgan fingerprint density at radius 2 is 2.16 bits per heavy atom. The number of nitro groups is 1. The molecule has 7 nitrogen and oxygen atoms in total. The lowest BCUT2D eigenvalue weighted by Crippen LogP contribution is -2.07. The van der Waals surface area contributed by atoms with Gasteiger partial charge in [-0.2, -0.15) is 4.68 Å². The van der Waals surface area contributed by atoms with Crippen molar-refractivity contribution in [3.8, 4) is 0 Å². The Bertz CT molecular complexity index is 653. The average molecular weight is 326 g/mol. The molecule has 0 unspecified atom stereocenters. The molecule has 8 heteroatoms. The molecule has 0 atom stereocenters. The van der Waals surface area contributed by atoms with E-state index in [1.807, 2.05) is 0 Å². The smallest absolute Gasteiger partial charge is 0.404 e. The lowest BCUT2D eigenvalue weighted by Gasteiger charge is -2.03. The molecule has 0 radical (unpaired) electrons. The van der Waals surface area contributed by atoms with Gasteiger partial charge < -0.3 is 15.2 Å². The van der Waals surface area contributed by atoms with Crippen LogP contribution in [0.3, 0.4) is 0 Å². The minimum atomic E-state index is -1.05. The molecule has 0 aliphatic carbocycles. The summed E-state index contributed by atoms with van der Waals surface area (Å²) in [4.78, 5) is 21.1. The Kier molecular flexibility index (Phi) is 3.61. The predicted octanol–water partition coefficient (Wildman–Crippen LogP) is 2.30. The highest BCUT2D eigenvalue weighted by molar-refractivity contribution is 9.10. The van der Waals surface area contributed by atoms with Crippen molar-refractivity contribution in [2.24, 2.45) is 0 Å². The van der Waals surface area contributed by atoms with Crippen molar-refractivity contribution >= 4 is 27.7 Å². The first-order valence-corrected chi connectivity index (χ1v) is 5.97. The molecule has 0 saturated heterocycles. The van der Waals surface area contributed by atoms with Gasteiger partial charge >= 0.3 is 11.8 Å². The normalized spacial score (nSPS) is 10.4. The Morgan fingerprint density at radius 3 is 2.74 bits per heavy atom. The number of rotatable bonds is 4. The number of aromatic carboxylic acids is 1. The molecule has 1 aromatic heterocycles. The molecule has 0 amide bonds. The van der Waals surface area contributed by atoms with Gasteiger partial charge in [0.1, 0.15) is 4.47 Å². The molecule has 0 bridgehead atoms. The van der Waals surface area contributed by atoms with E-state index in [4.69, 9.17) is 5.11 Å². The van der Waals surface area contributed by atoms with E-state index < -0.39 is 10.9 Å². The van der Waals surface area contributed by atoms with Gasteiger partial charge in [0.15, 0.2) is 0 Å². The summed E-state index contributed by atoms with van der Waals surface area (Å²) in [5.74, 6) is -1.34. The molecule has 98 valence electrons. The predicted molar refractivity (Wildman–Crippen MR) is 69.1 cm³/mol. The number of aromatic nitrogens is 2. The van der Waals surface area contributed by atoms with Gasteiger partial charge in [-0.05, 0) is 32.5 Å². The van der Waals surface area contributed by atoms with Crippen LogP contribution in [-0.2, 0) is 6.54 Å². The van der Waals surface area contributed by atoms with Gasteiger partial charge in [0.05, 0.1) is 23.4 Å². The summed E-state index contributed by atoms with van der Waals surface area (Å²) in [6.45, 7) is 0.148. The van der Waals surface area contributed by atoms with Crippen LogP contribution in [0, 0.1) is 10.1 Å². The second-order valence-corrected chi connectivity index (χ2v) is 4.57. The van der Waals surface area contributed by atoms with Gasteiger partial charge in [0, 0.05) is 0 Å². The van der Waals surface area contributed by atoms with Crippen molar-refractivity contribution in [3.05, 3.63) is 56.2 Å². The first kappa shape index (κ1) is 13.2. The fourth-order valence-electron chi connectivity index (χ4n) is 1.63. The topological polar surface area (TPSA) is 98.3 Å². The number of halogens is 1. The molecule has 2 rings (SSSR count). The van der Waals surface area contributed by atoms with E-state index >= 15 is 0 Å². The SMILES string of the molecule is O=C(O)c1ccccc1Cn1cc(Br)c([N+](=O)[O-])n1. The lowest BCUT2D eigenvalue weighted by atomic mass is 10.1. The van der Waals surface area contributed by atoms with Gasteiger partial charge in [-0.1, -0.05) is 18.2 Å². The average Bonchev–Trinajstić information content (AvgIpc) is 2.71. The van der Waals surface area contributed by atoms with Crippen molar-refractivity contribution in [3.63, 3.8) is 0 Å². The maximum Gasteiger partial charge on any atom is 0.404 e. The number of carboxylic acids is 1. The third-order valence-corrected chi connectivity index (χ3v) is 3.01. The number of carbonyl (C=O) groups is 1. The summed E-state index contributed by atoms with van der Waals surface area (Å²) < 4.78 is 1.58. The molecule has 0 aliphatic rings. The molecular weight excluding hydrogens is 318 g/mol. The standard InChI is InChI=1S/C11H8BrN3O4/c12-9-6-14(13-10(9)15(18)19)5-7-3-1-2-4-8(7)11(16)17/h1-4,6H,5H2,(H,16,17). The van der Waals surface area contributed by atoms with Crippen molar-refractivity contribution in [2.45, 2.75) is 6.54 Å². The first-order chi connectivity index (χ1) is 8.99. The minimum absolute atomic E-state index is 0.148. The van der Waals surface area contributed by atoms with Gasteiger partial charge in [0.2, 0.25) is 0 Å². The summed E-state index contributed by atoms with van der Waals surface area (Å²) >= 11 is 3.04. The first-order valence-electron chi connectivity index (χ1n) is 5.17. The third-order valence-electron chi connectivity index (χ3n) is 2.45. The second kappa shape index (κ2) is 5.19. The van der Waals surface area contributed by atoms with Gasteiger partial charge in [-0.15, -0.1) is 0 Å². The Morgan fingerprint density at radius 1 is 1.47 bits per heavy atom. The fraction of sp³-hybridized carbons (Fsp3) is 0.0909. The van der Waals surface area contributed by atoms with E-state index in [2.05, 4.69) is 21.0 Å². The third kappa shape index (κ3) is 2.79. The van der Waals surface area contributed by atoms with E-state index in [0.717, 1.165) is 0 Å². The molecule has 0 spiro atoms. The highest BCUT2D eigenvalue weighted by atomic mass is 79.9. The summed E-state index contributed by atoms with van der Waals surface area (Å²) in [7, 11) is 0. The van der Waals surface area contributed by atoms with E-state index in [1.165, 1.54) is 16.9 Å². The van der Waals surface area contributed by atoms with Crippen LogP contribution in [0.15, 0.2) is 34.9 Å². The zero-order valence-electron chi connectivity index (χ0n) is 9.49. The maximum absolute atomic E-state index is 11.0. The molecule has 19 heavy (non-hydrogen) atoms. The summed E-state index contributed by atoms with van der Waals surface area (Å²) in [5, 5.41) is 23.5. The monoisotopic (exact) mass is 325 g/mol. The van der Waals surface area contributed by atoms with E-state index in [0.29, 0.717) is 5.56 Å². The van der Waals surface area contributed by atoms with Crippen LogP contribution in [0.4, 0.5) is 5.82 Å². The summed E-state index contributed by atoms with van der Waals surface area (Å²) in [6, 6.07) is 6.44. The Hall–Kier alpha value is -2.22. The van der Waals surface area contributed by atoms with Gasteiger partial charge in [0.25, 0.3) is 0 Å². The van der Waals surface area contributed by atoms with Crippen LogP contribution in [0.5, 0.6) is 0 Å². The largest absolute Gasteiger partial charge is 0.478 e. The van der Waals surface area contributed by atoms with Crippen molar-refractivity contribution < 1.29 is 14.8 Å². The maximum atomic E-state index is 11.0. The Labute approximate surface area is 115 Å². The molecule has 0 fully saturated rings. The molecule has 1 heterocycles. The van der Waals surface area contributed by atoms with Crippen LogP contribution >= 0.6 is 15.9 Å². The van der Waals surface area contributed by atoms with E-state index in [-0.39, 0.29) is 22.4 Å². The minimum Gasteiger partial charge on any atom is -0.478 e. The molecule has 1 N–H and O–H groups in total. The van der Waals surface area contributed by atoms with E-state index in [1.54, 1.807) is 18.2 Å². The zero-order chi connectivity index (χ0) is 14.0. The van der Waals surface area contributed by atoms with Crippen molar-refractivity contribution in [1.82, 2.24) is 9.78 Å². The summed E-state index contributed by atoms with van der Waals surface area (Å²) in [5.41, 5.74) is 0.677. The number of hydrogen-bond acceptors (Lipinski definition) is 4. The molecule has 1 aromatic carbocycles. The van der Waals surface area contributed by atoms with Crippen LogP contribution in [-0.4, -0.2) is 25.8 Å². The highest BCUT2D eigenvalue weighted by Gasteiger charge is 2.19. The molecular formula is C11H8BrN3O4. The quantitative estimate of drug-likeness (QED) is 0.687. The number of benzene rings is 1. The van der Waals surface area contributed by atoms with Gasteiger partial charge in [-0.3, -0.25) is 0 Å². The highest BCUT2D eigenvalue weighted by Crippen LogP contribution is 2.23. The number of nitrogens with zero attached hydrogens (tertiary/aromatic N) is 3. The van der Waals surface area contributed by atoms with Crippen LogP contribution in [0.2, 0.25) is 0 Å². The molecule has 0 saturated carbocycles. The zero-order valence-corrected chi connectivity index (χ0v) is 11.1. The van der Waals surface area contributed by atoms with E-state index in [9.17, 15) is 14.9 Å². The molecule has 2 aromatic rings. The van der Waals surface area contributed by atoms with Gasteiger partial charge in [-0.25, -0.2) is 4.79 Å². The van der Waals surface area contributed by atoms with Crippen molar-refractivity contribution in [1.29, 1.82) is 0 Å². The van der Waals surface area contributed by atoms with Crippen molar-refractivity contribution in [2.75, 3.05) is 0 Å². The molecule has 0 aliphatic heterocycles. The summed E-state index contributed by atoms with van der Waals surface area (Å²) in [6.07, 6.45) is 1.44. The fourth-order valence-corrected chi connectivity index (χ4v) is 2.09. The number of carboxylic acid groups (broad SMARTS) is 1. The van der Waals surface area contributed by atoms with Crippen LogP contribution in [0.1, 0.15) is 15.9 Å². The van der Waals surface area contributed by atoms with Crippen LogP contribution < -0.4 is 0 Å². The second-order valence-electron chi connectivity index (χ2n) is 3.72. The Balaban J connectivity index is 2.34. The lowest BCUT2D eigenvalue weighted by molar-refractivity contribution is -0.390.